The highest BCUT2D eigenvalue weighted by Crippen LogP contribution is 2.37. The second-order valence-electron chi connectivity index (χ2n) is 9.03. The summed E-state index contributed by atoms with van der Waals surface area (Å²) in [5, 5.41) is 9.51. The first kappa shape index (κ1) is 19.1. The van der Waals surface area contributed by atoms with Crippen LogP contribution in [0.4, 0.5) is 0 Å². The first-order valence-electron chi connectivity index (χ1n) is 11.5. The van der Waals surface area contributed by atoms with Crippen molar-refractivity contribution in [1.29, 1.82) is 0 Å². The van der Waals surface area contributed by atoms with Crippen molar-refractivity contribution >= 4 is 43.5 Å². The van der Waals surface area contributed by atoms with E-state index in [0.29, 0.717) is 0 Å². The molecule has 5 aromatic rings. The average Bonchev–Trinajstić information content (AvgIpc) is 2.85. The van der Waals surface area contributed by atoms with Crippen molar-refractivity contribution in [3.63, 3.8) is 0 Å². The van der Waals surface area contributed by atoms with Crippen molar-refractivity contribution in [2.75, 3.05) is 0 Å². The fourth-order valence-electron chi connectivity index (χ4n) is 5.38. The van der Waals surface area contributed by atoms with Gasteiger partial charge in [0.25, 0.3) is 0 Å². The predicted molar refractivity (Wildman–Crippen MR) is 141 cm³/mol. The maximum atomic E-state index is 2.38. The van der Waals surface area contributed by atoms with Crippen LogP contribution in [0, 0.1) is 0 Å². The number of hydrogen-bond donors (Lipinski definition) is 0. The zero-order valence-corrected chi connectivity index (χ0v) is 18.7. The van der Waals surface area contributed by atoms with Crippen LogP contribution in [0.15, 0.2) is 97.1 Å². The Hall–Kier alpha value is -3.64. The molecule has 0 nitrogen and oxygen atoms in total. The summed E-state index contributed by atoms with van der Waals surface area (Å²) in [5.41, 5.74) is 6.59. The summed E-state index contributed by atoms with van der Waals surface area (Å²) < 4.78 is 0. The van der Waals surface area contributed by atoms with Gasteiger partial charge in [-0.3, -0.25) is 0 Å². The van der Waals surface area contributed by atoms with E-state index in [-0.39, 0.29) is 0 Å². The highest BCUT2D eigenvalue weighted by atomic mass is 14.2. The minimum absolute atomic E-state index is 1.12. The zero-order chi connectivity index (χ0) is 21.7. The van der Waals surface area contributed by atoms with E-state index in [1.165, 1.54) is 65.4 Å². The number of hydrogen-bond acceptors (Lipinski definition) is 0. The van der Waals surface area contributed by atoms with Gasteiger partial charge in [0.2, 0.25) is 0 Å². The van der Waals surface area contributed by atoms with E-state index in [1.54, 1.807) is 0 Å². The minimum Gasteiger partial charge on any atom is -0.0836 e. The number of fused-ring (bicyclic) bond motifs is 2. The summed E-state index contributed by atoms with van der Waals surface area (Å²) in [6, 6.07) is 29.2. The Balaban J connectivity index is 1.76. The standard InChI is InChI=1S/C32H26/c1-21(2)31-29-15-9-14-27-25(23-12-7-4-8-13-23)18-19-28(32(27)29)26-17-16-24(20-30(26)31)22-10-5-3-6-11-22/h3,5-7,9-20H,4,8H2,1-2H3. The maximum absolute atomic E-state index is 2.38. The van der Waals surface area contributed by atoms with Crippen LogP contribution in [0.25, 0.3) is 54.6 Å². The molecule has 6 rings (SSSR count). The summed E-state index contributed by atoms with van der Waals surface area (Å²) >= 11 is 0. The van der Waals surface area contributed by atoms with Crippen LogP contribution < -0.4 is 5.22 Å². The molecule has 1 aliphatic rings. The summed E-state index contributed by atoms with van der Waals surface area (Å²) in [6.45, 7) is 4.49. The molecule has 0 heterocycles. The lowest BCUT2D eigenvalue weighted by Gasteiger charge is -2.17. The Labute approximate surface area is 189 Å². The lowest BCUT2D eigenvalue weighted by molar-refractivity contribution is 1.04. The van der Waals surface area contributed by atoms with Crippen LogP contribution >= 0.6 is 0 Å². The second kappa shape index (κ2) is 7.50. The van der Waals surface area contributed by atoms with Crippen LogP contribution in [-0.4, -0.2) is 0 Å². The smallest absolute Gasteiger partial charge is 0.00202 e. The van der Waals surface area contributed by atoms with Crippen molar-refractivity contribution in [2.45, 2.75) is 26.7 Å². The zero-order valence-electron chi connectivity index (χ0n) is 18.7. The molecular formula is C32H26. The molecule has 0 saturated carbocycles. The summed E-state index contributed by atoms with van der Waals surface area (Å²) in [4.78, 5) is 0. The molecule has 5 aromatic carbocycles. The molecule has 0 unspecified atom stereocenters. The summed E-state index contributed by atoms with van der Waals surface area (Å²) in [5.74, 6) is 0. The van der Waals surface area contributed by atoms with Crippen molar-refractivity contribution in [3.8, 4) is 11.1 Å². The van der Waals surface area contributed by atoms with Crippen molar-refractivity contribution in [2.24, 2.45) is 0 Å². The van der Waals surface area contributed by atoms with Gasteiger partial charge in [0.05, 0.1) is 0 Å². The van der Waals surface area contributed by atoms with E-state index in [2.05, 4.69) is 111 Å². The third-order valence-electron chi connectivity index (χ3n) is 6.80. The minimum atomic E-state index is 1.12. The molecule has 0 radical (unpaired) electrons. The molecule has 0 N–H and O–H groups in total. The van der Waals surface area contributed by atoms with Gasteiger partial charge in [0.15, 0.2) is 0 Å². The van der Waals surface area contributed by atoms with Gasteiger partial charge >= 0.3 is 0 Å². The molecular weight excluding hydrogens is 384 g/mol. The number of allylic oxidation sites excluding steroid dienone is 4. The van der Waals surface area contributed by atoms with Gasteiger partial charge in [-0.15, -0.1) is 0 Å². The van der Waals surface area contributed by atoms with E-state index in [0.717, 1.165) is 12.8 Å². The molecule has 0 saturated heterocycles. The third kappa shape index (κ3) is 2.91. The molecule has 0 atom stereocenters. The van der Waals surface area contributed by atoms with Gasteiger partial charge < -0.3 is 0 Å². The molecule has 0 aliphatic heterocycles. The second-order valence-corrected chi connectivity index (χ2v) is 9.03. The molecule has 0 bridgehead atoms. The summed E-state index contributed by atoms with van der Waals surface area (Å²) in [6.07, 6.45) is 9.24. The SMILES string of the molecule is CC(C)=c1c2cc(-c3ccccc3)ccc2c2ccc(C3=CCCC=C3)c3cccc1c32. The van der Waals surface area contributed by atoms with Gasteiger partial charge in [-0.25, -0.2) is 0 Å². The van der Waals surface area contributed by atoms with E-state index in [4.69, 9.17) is 0 Å². The van der Waals surface area contributed by atoms with E-state index >= 15 is 0 Å². The number of rotatable bonds is 2. The molecule has 0 amide bonds. The third-order valence-corrected chi connectivity index (χ3v) is 6.80. The van der Waals surface area contributed by atoms with Crippen molar-refractivity contribution in [3.05, 3.63) is 108 Å². The maximum Gasteiger partial charge on any atom is -0.00202 e. The summed E-state index contributed by atoms with van der Waals surface area (Å²) in [7, 11) is 0. The first-order valence-corrected chi connectivity index (χ1v) is 11.5. The Morgan fingerprint density at radius 2 is 1.44 bits per heavy atom. The van der Waals surface area contributed by atoms with Gasteiger partial charge in [0, 0.05) is 0 Å². The average molecular weight is 411 g/mol. The molecule has 0 fully saturated rings. The molecule has 0 aromatic heterocycles. The monoisotopic (exact) mass is 410 g/mol. The highest BCUT2D eigenvalue weighted by Gasteiger charge is 2.15. The quantitative estimate of drug-likeness (QED) is 0.202. The van der Waals surface area contributed by atoms with Crippen LogP contribution in [0.2, 0.25) is 0 Å². The van der Waals surface area contributed by atoms with Crippen LogP contribution in [0.3, 0.4) is 0 Å². The van der Waals surface area contributed by atoms with Gasteiger partial charge in [-0.2, -0.15) is 0 Å². The van der Waals surface area contributed by atoms with E-state index < -0.39 is 0 Å². The Morgan fingerprint density at radius 3 is 2.22 bits per heavy atom. The van der Waals surface area contributed by atoms with Gasteiger partial charge in [-0.05, 0) is 92.6 Å². The fourth-order valence-corrected chi connectivity index (χ4v) is 5.38. The Morgan fingerprint density at radius 1 is 0.625 bits per heavy atom. The first-order chi connectivity index (χ1) is 15.7. The van der Waals surface area contributed by atoms with Crippen LogP contribution in [0.5, 0.6) is 0 Å². The lowest BCUT2D eigenvalue weighted by Crippen LogP contribution is -2.08. The van der Waals surface area contributed by atoms with E-state index in [9.17, 15) is 0 Å². The Bertz CT molecular complexity index is 1610. The normalized spacial score (nSPS) is 13.8. The van der Waals surface area contributed by atoms with Crippen LogP contribution in [0.1, 0.15) is 32.3 Å². The van der Waals surface area contributed by atoms with Crippen molar-refractivity contribution in [1.82, 2.24) is 0 Å². The van der Waals surface area contributed by atoms with Crippen LogP contribution in [-0.2, 0) is 0 Å². The van der Waals surface area contributed by atoms with Crippen molar-refractivity contribution < 1.29 is 0 Å². The fraction of sp³-hybridized carbons (Fsp3) is 0.125. The Kier molecular flexibility index (Phi) is 4.47. The predicted octanol–water partition coefficient (Wildman–Crippen LogP) is 8.46. The highest BCUT2D eigenvalue weighted by molar-refractivity contribution is 6.24. The number of benzene rings is 5. The lowest BCUT2D eigenvalue weighted by atomic mass is 9.86. The molecule has 1 aliphatic carbocycles. The molecule has 32 heavy (non-hydrogen) atoms. The topological polar surface area (TPSA) is 0 Å². The molecule has 154 valence electrons. The molecule has 0 spiro atoms. The van der Waals surface area contributed by atoms with Gasteiger partial charge in [-0.1, -0.05) is 96.6 Å². The van der Waals surface area contributed by atoms with E-state index in [1.807, 2.05) is 0 Å². The van der Waals surface area contributed by atoms with Gasteiger partial charge in [0.1, 0.15) is 0 Å². The molecule has 0 heteroatoms. The largest absolute Gasteiger partial charge is 0.0836 e.